The number of aromatic nitrogens is 2. The monoisotopic (exact) mass is 698 g/mol. The third kappa shape index (κ3) is 2.92. The first-order valence-electron chi connectivity index (χ1n) is 18.9. The predicted molar refractivity (Wildman–Crippen MR) is 225 cm³/mol. The van der Waals surface area contributed by atoms with E-state index in [1.165, 1.54) is 11.1 Å². The highest BCUT2D eigenvalue weighted by Crippen LogP contribution is 2.65. The van der Waals surface area contributed by atoms with Crippen LogP contribution in [-0.4, -0.2) is 8.80 Å². The lowest BCUT2D eigenvalue weighted by Crippen LogP contribution is -2.26. The third-order valence-corrected chi connectivity index (χ3v) is 13.2. The molecule has 0 saturated heterocycles. The molecule has 14 rings (SSSR count). The summed E-state index contributed by atoms with van der Waals surface area (Å²) in [6, 6.07) is 55.5. The summed E-state index contributed by atoms with van der Waals surface area (Å²) in [4.78, 5) is 29.5. The first-order chi connectivity index (χ1) is 27.2. The number of hydrogen-bond acceptors (Lipinski definition) is 2. The lowest BCUT2D eigenvalue weighted by molar-refractivity contribution is 0.795. The van der Waals surface area contributed by atoms with E-state index in [1.807, 2.05) is 45.2 Å². The second-order valence-electron chi connectivity index (χ2n) is 15.4. The number of hydrogen-bond donors (Lipinski definition) is 0. The van der Waals surface area contributed by atoms with Crippen LogP contribution in [0, 0.1) is 0 Å². The standard InChI is InChI=1S/C51H26N2O2/c54-49-35-13-3-1-11-27(35)29-17-9-19-31-33-23-25-41-43(47(33)52(49)45(29)31)37-15-5-7-21-39(37)51(41)40-22-8-6-16-38(40)44-42(51)26-24-34-32-20-10-18-30-28-12-2-4-14-36(28)50(55)53(46(30)32)48(34)44/h1-26H. The van der Waals surface area contributed by atoms with Crippen LogP contribution in [0.25, 0.3) is 98.2 Å². The van der Waals surface area contributed by atoms with Crippen molar-refractivity contribution in [3.05, 3.63) is 201 Å². The normalized spacial score (nSPS) is 14.1. The van der Waals surface area contributed by atoms with Gasteiger partial charge in [-0.15, -0.1) is 0 Å². The van der Waals surface area contributed by atoms with Crippen LogP contribution in [0.15, 0.2) is 167 Å². The molecule has 8 aromatic carbocycles. The van der Waals surface area contributed by atoms with E-state index >= 15 is 0 Å². The van der Waals surface area contributed by atoms with Gasteiger partial charge in [-0.3, -0.25) is 18.4 Å². The molecule has 1 spiro atoms. The fourth-order valence-electron chi connectivity index (χ4n) is 11.3. The molecule has 0 unspecified atom stereocenters. The number of rotatable bonds is 0. The van der Waals surface area contributed by atoms with Crippen molar-refractivity contribution < 1.29 is 0 Å². The Bertz CT molecular complexity index is 3630. The van der Waals surface area contributed by atoms with Crippen LogP contribution in [0.3, 0.4) is 0 Å². The van der Waals surface area contributed by atoms with E-state index < -0.39 is 5.41 Å². The van der Waals surface area contributed by atoms with Crippen LogP contribution in [0.2, 0.25) is 0 Å². The van der Waals surface area contributed by atoms with E-state index in [0.29, 0.717) is 0 Å². The highest BCUT2D eigenvalue weighted by Gasteiger charge is 2.53. The molecule has 0 N–H and O–H groups in total. The zero-order valence-electron chi connectivity index (χ0n) is 29.2. The van der Waals surface area contributed by atoms with Crippen molar-refractivity contribution in [3.8, 4) is 22.3 Å². The lowest BCUT2D eigenvalue weighted by atomic mass is 9.70. The molecule has 4 heteroatoms. The first kappa shape index (κ1) is 28.2. The maximum atomic E-state index is 14.8. The minimum Gasteiger partial charge on any atom is -0.274 e. The number of pyridine rings is 2. The summed E-state index contributed by atoms with van der Waals surface area (Å²) >= 11 is 0. The van der Waals surface area contributed by atoms with Gasteiger partial charge in [0.15, 0.2) is 0 Å². The largest absolute Gasteiger partial charge is 0.274 e. The Morgan fingerprint density at radius 3 is 1.09 bits per heavy atom. The maximum absolute atomic E-state index is 14.8. The molecule has 2 aliphatic carbocycles. The van der Waals surface area contributed by atoms with Gasteiger partial charge in [0.1, 0.15) is 0 Å². The van der Waals surface area contributed by atoms with Gasteiger partial charge in [-0.05, 0) is 56.3 Å². The zero-order valence-corrected chi connectivity index (χ0v) is 29.2. The smallest absolute Gasteiger partial charge is 0.263 e. The third-order valence-electron chi connectivity index (χ3n) is 13.2. The van der Waals surface area contributed by atoms with Crippen molar-refractivity contribution in [2.45, 2.75) is 5.41 Å². The molecule has 0 atom stereocenters. The van der Waals surface area contributed by atoms with E-state index in [9.17, 15) is 9.59 Å². The number of nitrogens with zero attached hydrogens (tertiary/aromatic N) is 2. The maximum Gasteiger partial charge on any atom is 0.263 e. The molecule has 55 heavy (non-hydrogen) atoms. The molecule has 0 fully saturated rings. The van der Waals surface area contributed by atoms with Gasteiger partial charge in [0.05, 0.1) is 27.5 Å². The molecule has 4 nitrogen and oxygen atoms in total. The molecule has 4 heterocycles. The van der Waals surface area contributed by atoms with Crippen LogP contribution < -0.4 is 11.1 Å². The summed E-state index contributed by atoms with van der Waals surface area (Å²) in [6.07, 6.45) is 0. The van der Waals surface area contributed by atoms with E-state index in [-0.39, 0.29) is 11.1 Å². The topological polar surface area (TPSA) is 43.0 Å². The Balaban J connectivity index is 1.22. The highest BCUT2D eigenvalue weighted by atomic mass is 16.1. The fraction of sp³-hybridized carbons (Fsp3) is 0.0196. The van der Waals surface area contributed by atoms with Gasteiger partial charge in [-0.2, -0.15) is 0 Å². The van der Waals surface area contributed by atoms with Crippen LogP contribution >= 0.6 is 0 Å². The number of para-hydroxylation sites is 2. The minimum atomic E-state index is -0.676. The van der Waals surface area contributed by atoms with Crippen LogP contribution in [-0.2, 0) is 5.41 Å². The van der Waals surface area contributed by atoms with E-state index in [4.69, 9.17) is 0 Å². The summed E-state index contributed by atoms with van der Waals surface area (Å²) in [5.74, 6) is 0. The second-order valence-corrected chi connectivity index (χ2v) is 15.4. The van der Waals surface area contributed by atoms with Crippen molar-refractivity contribution in [2.75, 3.05) is 0 Å². The molecule has 0 bridgehead atoms. The molecule has 2 aliphatic rings. The van der Waals surface area contributed by atoms with Gasteiger partial charge in [0.25, 0.3) is 11.1 Å². The number of fused-ring (bicyclic) bond motifs is 22. The van der Waals surface area contributed by atoms with E-state index in [1.54, 1.807) is 0 Å². The molecule has 4 aromatic heterocycles. The SMILES string of the molecule is O=c1c2ccccc2c2cccc3c4ccc5c(c4n1c23)-c1ccccc1C51c2ccccc2-c2c1ccc1c3cccc4c5ccccc5c(=O)n(c21)c43. The summed E-state index contributed by atoms with van der Waals surface area (Å²) in [5.41, 5.74) is 12.3. The van der Waals surface area contributed by atoms with Crippen molar-refractivity contribution in [3.63, 3.8) is 0 Å². The Morgan fingerprint density at radius 1 is 0.291 bits per heavy atom. The Labute approximate surface area is 312 Å². The van der Waals surface area contributed by atoms with Gasteiger partial charge in [-0.1, -0.05) is 146 Å². The zero-order chi connectivity index (χ0) is 35.9. The van der Waals surface area contributed by atoms with Gasteiger partial charge in [-0.25, -0.2) is 0 Å². The summed E-state index contributed by atoms with van der Waals surface area (Å²) in [7, 11) is 0. The van der Waals surface area contributed by atoms with Crippen LogP contribution in [0.5, 0.6) is 0 Å². The van der Waals surface area contributed by atoms with Gasteiger partial charge >= 0.3 is 0 Å². The van der Waals surface area contributed by atoms with E-state index in [2.05, 4.69) is 121 Å². The van der Waals surface area contributed by atoms with Crippen LogP contribution in [0.1, 0.15) is 22.3 Å². The summed E-state index contributed by atoms with van der Waals surface area (Å²) in [6.45, 7) is 0. The molecule has 0 saturated carbocycles. The Hall–Kier alpha value is -7.30. The summed E-state index contributed by atoms with van der Waals surface area (Å²) in [5, 5.41) is 9.87. The quantitative estimate of drug-likeness (QED) is 0.148. The second kappa shape index (κ2) is 9.25. The van der Waals surface area contributed by atoms with E-state index in [0.717, 1.165) is 109 Å². The van der Waals surface area contributed by atoms with Gasteiger partial charge in [0.2, 0.25) is 0 Å². The van der Waals surface area contributed by atoms with Crippen molar-refractivity contribution in [1.82, 2.24) is 8.80 Å². The predicted octanol–water partition coefficient (Wildman–Crippen LogP) is 11.1. The molecular formula is C51H26N2O2. The average molecular weight is 699 g/mol. The Kier molecular flexibility index (Phi) is 4.75. The molecular weight excluding hydrogens is 673 g/mol. The molecule has 12 aromatic rings. The molecule has 0 radical (unpaired) electrons. The lowest BCUT2D eigenvalue weighted by Gasteiger charge is -2.30. The van der Waals surface area contributed by atoms with Crippen molar-refractivity contribution in [1.29, 1.82) is 0 Å². The van der Waals surface area contributed by atoms with Crippen LogP contribution in [0.4, 0.5) is 0 Å². The fourth-order valence-corrected chi connectivity index (χ4v) is 11.3. The minimum absolute atomic E-state index is 0.00336. The van der Waals surface area contributed by atoms with Crippen molar-refractivity contribution in [2.24, 2.45) is 0 Å². The highest BCUT2D eigenvalue weighted by molar-refractivity contribution is 6.25. The Morgan fingerprint density at radius 2 is 0.636 bits per heavy atom. The number of benzene rings is 8. The van der Waals surface area contributed by atoms with Gasteiger partial charge < -0.3 is 0 Å². The molecule has 0 amide bonds. The molecule has 252 valence electrons. The first-order valence-corrected chi connectivity index (χ1v) is 18.9. The summed E-state index contributed by atoms with van der Waals surface area (Å²) < 4.78 is 4.01. The van der Waals surface area contributed by atoms with Gasteiger partial charge in [0, 0.05) is 54.2 Å². The average Bonchev–Trinajstić information content (AvgIpc) is 3.95. The van der Waals surface area contributed by atoms with Crippen molar-refractivity contribution >= 4 is 75.9 Å². The molecule has 0 aliphatic heterocycles.